The van der Waals surface area contributed by atoms with Gasteiger partial charge in [0.05, 0.1) is 6.54 Å². The van der Waals surface area contributed by atoms with E-state index in [0.717, 1.165) is 0 Å². The molecule has 0 rings (SSSR count). The Kier molecular flexibility index (Phi) is 6.54. The van der Waals surface area contributed by atoms with Crippen LogP contribution in [0.15, 0.2) is 0 Å². The predicted molar refractivity (Wildman–Crippen MR) is 52.4 cm³/mol. The van der Waals surface area contributed by atoms with Crippen LogP contribution in [0.5, 0.6) is 0 Å². The number of hydrogen-bond donors (Lipinski definition) is 3. The molecule has 1 amide bonds. The zero-order valence-electron chi connectivity index (χ0n) is 8.63. The highest BCUT2D eigenvalue weighted by molar-refractivity contribution is 5.78. The Morgan fingerprint density at radius 3 is 2.46 bits per heavy atom. The zero-order valence-corrected chi connectivity index (χ0v) is 8.63. The molecule has 1 atom stereocenters. The Hall–Kier alpha value is -0.610. The maximum atomic E-state index is 11.1. The molecule has 0 fully saturated rings. The number of carbonyl (C=O) groups is 1. The molecule has 0 saturated carbocycles. The van der Waals surface area contributed by atoms with Crippen LogP contribution in [0.25, 0.3) is 0 Å². The van der Waals surface area contributed by atoms with Crippen LogP contribution < -0.4 is 10.6 Å². The van der Waals surface area contributed by atoms with E-state index in [9.17, 15) is 4.79 Å². The number of hydrogen-bond acceptors (Lipinski definition) is 3. The number of aliphatic hydroxyl groups excluding tert-OH is 1. The normalized spacial score (nSPS) is 13.0. The Labute approximate surface area is 79.7 Å². The number of rotatable bonds is 6. The molecule has 0 aromatic rings. The quantitative estimate of drug-likeness (QED) is 0.537. The zero-order chi connectivity index (χ0) is 10.3. The van der Waals surface area contributed by atoms with E-state index in [2.05, 4.69) is 10.6 Å². The number of aliphatic hydroxyl groups is 1. The van der Waals surface area contributed by atoms with Crippen LogP contribution >= 0.6 is 0 Å². The summed E-state index contributed by atoms with van der Waals surface area (Å²) < 4.78 is 0. The van der Waals surface area contributed by atoms with Crippen molar-refractivity contribution in [3.8, 4) is 0 Å². The van der Waals surface area contributed by atoms with E-state index in [1.54, 1.807) is 0 Å². The minimum Gasteiger partial charge on any atom is -0.396 e. The third kappa shape index (κ3) is 7.74. The molecule has 4 heteroatoms. The van der Waals surface area contributed by atoms with Crippen molar-refractivity contribution in [1.82, 2.24) is 10.6 Å². The molecule has 0 aliphatic rings. The molecule has 0 bridgehead atoms. The molecule has 0 aromatic carbocycles. The molecule has 1 unspecified atom stereocenters. The standard InChI is InChI=1S/C9H20N2O2/c1-7(2)11-9(13)5-10-4-8(3)6-12/h7-8,10,12H,4-6H2,1-3H3,(H,11,13). The summed E-state index contributed by atoms with van der Waals surface area (Å²) in [6, 6.07) is 0.185. The summed E-state index contributed by atoms with van der Waals surface area (Å²) in [6.45, 7) is 6.92. The van der Waals surface area contributed by atoms with Gasteiger partial charge in [-0.2, -0.15) is 0 Å². The second kappa shape index (κ2) is 6.86. The van der Waals surface area contributed by atoms with Gasteiger partial charge in [0.1, 0.15) is 0 Å². The first-order valence-electron chi connectivity index (χ1n) is 4.67. The van der Waals surface area contributed by atoms with Gasteiger partial charge in [-0.3, -0.25) is 4.79 Å². The van der Waals surface area contributed by atoms with Crippen molar-refractivity contribution in [2.45, 2.75) is 26.8 Å². The number of carbonyl (C=O) groups excluding carboxylic acids is 1. The molecule has 78 valence electrons. The van der Waals surface area contributed by atoms with Gasteiger partial charge in [0, 0.05) is 19.2 Å². The van der Waals surface area contributed by atoms with Crippen molar-refractivity contribution in [3.05, 3.63) is 0 Å². The second-order valence-corrected chi connectivity index (χ2v) is 3.64. The molecule has 4 nitrogen and oxygen atoms in total. The fraction of sp³-hybridized carbons (Fsp3) is 0.889. The molecule has 3 N–H and O–H groups in total. The summed E-state index contributed by atoms with van der Waals surface area (Å²) in [6.07, 6.45) is 0. The lowest BCUT2D eigenvalue weighted by molar-refractivity contribution is -0.120. The SMILES string of the molecule is CC(CO)CNCC(=O)NC(C)C. The van der Waals surface area contributed by atoms with E-state index in [-0.39, 0.29) is 24.5 Å². The topological polar surface area (TPSA) is 61.4 Å². The summed E-state index contributed by atoms with van der Waals surface area (Å²) >= 11 is 0. The summed E-state index contributed by atoms with van der Waals surface area (Å²) in [7, 11) is 0. The lowest BCUT2D eigenvalue weighted by Crippen LogP contribution is -2.39. The van der Waals surface area contributed by atoms with Gasteiger partial charge in [0.2, 0.25) is 5.91 Å². The largest absolute Gasteiger partial charge is 0.396 e. The van der Waals surface area contributed by atoms with Crippen LogP contribution in [-0.2, 0) is 4.79 Å². The highest BCUT2D eigenvalue weighted by Gasteiger charge is 2.03. The minimum atomic E-state index is 0.000129. The van der Waals surface area contributed by atoms with Gasteiger partial charge in [-0.15, -0.1) is 0 Å². The van der Waals surface area contributed by atoms with Gasteiger partial charge in [0.15, 0.2) is 0 Å². The van der Waals surface area contributed by atoms with Crippen molar-refractivity contribution in [2.24, 2.45) is 5.92 Å². The smallest absolute Gasteiger partial charge is 0.234 e. The van der Waals surface area contributed by atoms with Crippen molar-refractivity contribution in [2.75, 3.05) is 19.7 Å². The summed E-state index contributed by atoms with van der Waals surface area (Å²) in [4.78, 5) is 11.1. The van der Waals surface area contributed by atoms with Crippen LogP contribution in [0.4, 0.5) is 0 Å². The first kappa shape index (κ1) is 12.4. The van der Waals surface area contributed by atoms with E-state index >= 15 is 0 Å². The van der Waals surface area contributed by atoms with Gasteiger partial charge < -0.3 is 15.7 Å². The first-order chi connectivity index (χ1) is 6.06. The first-order valence-corrected chi connectivity index (χ1v) is 4.67. The van der Waals surface area contributed by atoms with E-state index in [1.165, 1.54) is 0 Å². The molecule has 0 radical (unpaired) electrons. The fourth-order valence-electron chi connectivity index (χ4n) is 0.870. The van der Waals surface area contributed by atoms with Crippen molar-refractivity contribution in [1.29, 1.82) is 0 Å². The summed E-state index contributed by atoms with van der Waals surface area (Å²) in [5.74, 6) is 0.201. The molecule has 0 aliphatic heterocycles. The van der Waals surface area contributed by atoms with Gasteiger partial charge in [-0.05, 0) is 19.8 Å². The van der Waals surface area contributed by atoms with Gasteiger partial charge in [-0.1, -0.05) is 6.92 Å². The van der Waals surface area contributed by atoms with Gasteiger partial charge >= 0.3 is 0 Å². The Balaban J connectivity index is 3.37. The third-order valence-corrected chi connectivity index (χ3v) is 1.54. The van der Waals surface area contributed by atoms with Crippen molar-refractivity contribution >= 4 is 5.91 Å². The maximum absolute atomic E-state index is 11.1. The highest BCUT2D eigenvalue weighted by Crippen LogP contribution is 1.87. The van der Waals surface area contributed by atoms with E-state index in [0.29, 0.717) is 13.1 Å². The Morgan fingerprint density at radius 2 is 2.00 bits per heavy atom. The second-order valence-electron chi connectivity index (χ2n) is 3.64. The number of nitrogens with one attached hydrogen (secondary N) is 2. The van der Waals surface area contributed by atoms with Crippen molar-refractivity contribution in [3.63, 3.8) is 0 Å². The number of amides is 1. The van der Waals surface area contributed by atoms with Crippen LogP contribution in [0.1, 0.15) is 20.8 Å². The van der Waals surface area contributed by atoms with E-state index in [1.807, 2.05) is 20.8 Å². The van der Waals surface area contributed by atoms with E-state index in [4.69, 9.17) is 5.11 Å². The molecular weight excluding hydrogens is 168 g/mol. The van der Waals surface area contributed by atoms with Crippen LogP contribution in [0.2, 0.25) is 0 Å². The molecular formula is C9H20N2O2. The third-order valence-electron chi connectivity index (χ3n) is 1.54. The van der Waals surface area contributed by atoms with Crippen LogP contribution in [-0.4, -0.2) is 36.8 Å². The molecule has 0 heterocycles. The molecule has 0 saturated heterocycles. The van der Waals surface area contributed by atoms with Gasteiger partial charge in [-0.25, -0.2) is 0 Å². The van der Waals surface area contributed by atoms with Gasteiger partial charge in [0.25, 0.3) is 0 Å². The average Bonchev–Trinajstić information content (AvgIpc) is 2.02. The lowest BCUT2D eigenvalue weighted by atomic mass is 10.2. The monoisotopic (exact) mass is 188 g/mol. The molecule has 0 aromatic heterocycles. The molecule has 0 aliphatic carbocycles. The summed E-state index contributed by atoms with van der Waals surface area (Å²) in [5, 5.41) is 14.4. The van der Waals surface area contributed by atoms with Crippen molar-refractivity contribution < 1.29 is 9.90 Å². The summed E-state index contributed by atoms with van der Waals surface area (Å²) in [5.41, 5.74) is 0. The Bertz CT molecular complexity index is 149. The predicted octanol–water partition coefficient (Wildman–Crippen LogP) is -0.271. The van der Waals surface area contributed by atoms with E-state index < -0.39 is 0 Å². The Morgan fingerprint density at radius 1 is 1.38 bits per heavy atom. The molecule has 13 heavy (non-hydrogen) atoms. The molecule has 0 spiro atoms. The average molecular weight is 188 g/mol. The maximum Gasteiger partial charge on any atom is 0.234 e. The highest BCUT2D eigenvalue weighted by atomic mass is 16.3. The lowest BCUT2D eigenvalue weighted by Gasteiger charge is -2.11. The fourth-order valence-corrected chi connectivity index (χ4v) is 0.870. The van der Waals surface area contributed by atoms with Crippen LogP contribution in [0, 0.1) is 5.92 Å². The van der Waals surface area contributed by atoms with Crippen LogP contribution in [0.3, 0.4) is 0 Å². The minimum absolute atomic E-state index is 0.000129.